The second kappa shape index (κ2) is 9.74. The van der Waals surface area contributed by atoms with Gasteiger partial charge in [0.2, 0.25) is 0 Å². The quantitative estimate of drug-likeness (QED) is 0.420. The smallest absolute Gasteiger partial charge is 0.0898 e. The van der Waals surface area contributed by atoms with Gasteiger partial charge in [0.15, 0.2) is 0 Å². The summed E-state index contributed by atoms with van der Waals surface area (Å²) in [5, 5.41) is 16.7. The Labute approximate surface area is 192 Å². The Morgan fingerprint density at radius 1 is 0.969 bits per heavy atom. The van der Waals surface area contributed by atoms with Crippen molar-refractivity contribution < 1.29 is 9.84 Å². The number of aliphatic hydroxyl groups excluding tert-OH is 1. The van der Waals surface area contributed by atoms with E-state index < -0.39 is 6.10 Å². The normalized spacial score (nSPS) is 16.3. The molecule has 4 rings (SSSR count). The molecule has 0 aliphatic heterocycles. The van der Waals surface area contributed by atoms with Gasteiger partial charge in [-0.15, -0.1) is 0 Å². The monoisotopic (exact) mass is 431 g/mol. The van der Waals surface area contributed by atoms with Crippen LogP contribution >= 0.6 is 0 Å². The molecule has 3 nitrogen and oxygen atoms in total. The number of aryl methyl sites for hydroxylation is 2. The van der Waals surface area contributed by atoms with Gasteiger partial charge >= 0.3 is 0 Å². The molecule has 0 aromatic heterocycles. The molecule has 2 atom stereocenters. The number of β-amino-alcohol motifs (C(OH)–C–C–N with tert-alkyl or cyclic N) is 1. The fourth-order valence-electron chi connectivity index (χ4n) is 4.43. The standard InChI is InChI=1S/C29H37NO2/c1-20-9-11-26(15-21(20)2)28(24-13-14-24)32-19-27(31)18-30-29(3,4)17-22-10-12-23-7-5-6-8-25(23)16-22/h5-12,15-16,24,27-28,30-31H,13-14,17-19H2,1-4H3/t27-,28?/m1/s1. The third-order valence-corrected chi connectivity index (χ3v) is 6.65. The van der Waals surface area contributed by atoms with Crippen molar-refractivity contribution in [1.29, 1.82) is 0 Å². The third kappa shape index (κ3) is 5.98. The summed E-state index contributed by atoms with van der Waals surface area (Å²) >= 11 is 0. The van der Waals surface area contributed by atoms with Crippen molar-refractivity contribution in [1.82, 2.24) is 5.32 Å². The molecule has 3 aromatic carbocycles. The summed E-state index contributed by atoms with van der Waals surface area (Å²) in [7, 11) is 0. The van der Waals surface area contributed by atoms with Crippen molar-refractivity contribution in [2.24, 2.45) is 5.92 Å². The maximum Gasteiger partial charge on any atom is 0.0898 e. The molecule has 170 valence electrons. The average Bonchev–Trinajstić information content (AvgIpc) is 3.60. The first kappa shape index (κ1) is 23.0. The molecule has 1 saturated carbocycles. The van der Waals surface area contributed by atoms with E-state index in [2.05, 4.69) is 93.7 Å². The van der Waals surface area contributed by atoms with Crippen LogP contribution in [0.2, 0.25) is 0 Å². The highest BCUT2D eigenvalue weighted by Gasteiger charge is 2.33. The zero-order valence-electron chi connectivity index (χ0n) is 19.9. The lowest BCUT2D eigenvalue weighted by atomic mass is 9.93. The zero-order chi connectivity index (χ0) is 22.7. The molecule has 1 fully saturated rings. The van der Waals surface area contributed by atoms with Crippen LogP contribution in [0.5, 0.6) is 0 Å². The van der Waals surface area contributed by atoms with Crippen molar-refractivity contribution in [2.45, 2.75) is 64.7 Å². The van der Waals surface area contributed by atoms with Gasteiger partial charge in [0, 0.05) is 12.1 Å². The van der Waals surface area contributed by atoms with E-state index in [-0.39, 0.29) is 11.6 Å². The molecule has 0 radical (unpaired) electrons. The molecule has 0 heterocycles. The van der Waals surface area contributed by atoms with E-state index in [4.69, 9.17) is 4.74 Å². The van der Waals surface area contributed by atoms with Crippen LogP contribution in [-0.4, -0.2) is 29.9 Å². The topological polar surface area (TPSA) is 41.5 Å². The Kier molecular flexibility index (Phi) is 6.99. The minimum absolute atomic E-state index is 0.0922. The number of fused-ring (bicyclic) bond motifs is 1. The molecule has 2 N–H and O–H groups in total. The molecule has 0 spiro atoms. The van der Waals surface area contributed by atoms with Crippen molar-refractivity contribution in [2.75, 3.05) is 13.2 Å². The Morgan fingerprint density at radius 2 is 1.72 bits per heavy atom. The summed E-state index contributed by atoms with van der Waals surface area (Å²) in [6.07, 6.45) is 2.89. The van der Waals surface area contributed by atoms with E-state index in [0.717, 1.165) is 6.42 Å². The summed E-state index contributed by atoms with van der Waals surface area (Å²) < 4.78 is 6.25. The number of ether oxygens (including phenoxy) is 1. The van der Waals surface area contributed by atoms with Gasteiger partial charge in [0.1, 0.15) is 0 Å². The summed E-state index contributed by atoms with van der Waals surface area (Å²) in [5.41, 5.74) is 5.03. The molecule has 0 saturated heterocycles. The Morgan fingerprint density at radius 3 is 2.44 bits per heavy atom. The maximum atomic E-state index is 10.6. The van der Waals surface area contributed by atoms with Crippen LogP contribution in [0.3, 0.4) is 0 Å². The lowest BCUT2D eigenvalue weighted by molar-refractivity contribution is -0.0211. The zero-order valence-corrected chi connectivity index (χ0v) is 19.9. The maximum absolute atomic E-state index is 10.6. The van der Waals surface area contributed by atoms with Crippen molar-refractivity contribution >= 4 is 10.8 Å². The summed E-state index contributed by atoms with van der Waals surface area (Å²) in [6, 6.07) is 21.7. The lowest BCUT2D eigenvalue weighted by Crippen LogP contribution is -2.46. The van der Waals surface area contributed by atoms with Crippen molar-refractivity contribution in [3.8, 4) is 0 Å². The average molecular weight is 432 g/mol. The highest BCUT2D eigenvalue weighted by Crippen LogP contribution is 2.43. The first-order chi connectivity index (χ1) is 15.3. The first-order valence-corrected chi connectivity index (χ1v) is 11.9. The van der Waals surface area contributed by atoms with Gasteiger partial charge in [-0.05, 0) is 85.9 Å². The SMILES string of the molecule is Cc1ccc(C(OC[C@H](O)CNC(C)(C)Cc2ccc3ccccc3c2)C2CC2)cc1C. The van der Waals surface area contributed by atoms with Gasteiger partial charge in [-0.2, -0.15) is 0 Å². The van der Waals surface area contributed by atoms with Crippen LogP contribution in [0.1, 0.15) is 55.0 Å². The summed E-state index contributed by atoms with van der Waals surface area (Å²) in [5.74, 6) is 0.585. The number of nitrogens with one attached hydrogen (secondary N) is 1. The molecule has 32 heavy (non-hydrogen) atoms. The van der Waals surface area contributed by atoms with Gasteiger partial charge < -0.3 is 15.2 Å². The minimum Gasteiger partial charge on any atom is -0.389 e. The van der Waals surface area contributed by atoms with E-state index >= 15 is 0 Å². The summed E-state index contributed by atoms with van der Waals surface area (Å²) in [4.78, 5) is 0. The van der Waals surface area contributed by atoms with Crippen LogP contribution in [0.15, 0.2) is 60.7 Å². The molecule has 0 amide bonds. The summed E-state index contributed by atoms with van der Waals surface area (Å²) in [6.45, 7) is 9.55. The van der Waals surface area contributed by atoms with Gasteiger partial charge in [-0.25, -0.2) is 0 Å². The highest BCUT2D eigenvalue weighted by atomic mass is 16.5. The molecule has 3 aromatic rings. The minimum atomic E-state index is -0.529. The number of hydrogen-bond donors (Lipinski definition) is 2. The largest absolute Gasteiger partial charge is 0.389 e. The molecule has 3 heteroatoms. The van der Waals surface area contributed by atoms with Gasteiger partial charge in [0.25, 0.3) is 0 Å². The van der Waals surface area contributed by atoms with Crippen LogP contribution in [-0.2, 0) is 11.2 Å². The van der Waals surface area contributed by atoms with E-state index in [0.29, 0.717) is 19.1 Å². The van der Waals surface area contributed by atoms with Crippen LogP contribution in [0.4, 0.5) is 0 Å². The predicted octanol–water partition coefficient (Wildman–Crippen LogP) is 5.90. The van der Waals surface area contributed by atoms with Crippen LogP contribution < -0.4 is 5.32 Å². The molecule has 0 bridgehead atoms. The molecule has 1 aliphatic carbocycles. The predicted molar refractivity (Wildman–Crippen MR) is 133 cm³/mol. The fraction of sp³-hybridized carbons (Fsp3) is 0.448. The molecule has 1 unspecified atom stereocenters. The fourth-order valence-corrected chi connectivity index (χ4v) is 4.43. The number of rotatable bonds is 10. The molecule has 1 aliphatic rings. The second-order valence-corrected chi connectivity index (χ2v) is 10.2. The number of aliphatic hydroxyl groups is 1. The van der Waals surface area contributed by atoms with E-state index in [9.17, 15) is 5.11 Å². The Balaban J connectivity index is 1.29. The molecular weight excluding hydrogens is 394 g/mol. The van der Waals surface area contributed by atoms with Crippen LogP contribution in [0.25, 0.3) is 10.8 Å². The third-order valence-electron chi connectivity index (χ3n) is 6.65. The number of hydrogen-bond acceptors (Lipinski definition) is 3. The first-order valence-electron chi connectivity index (χ1n) is 11.9. The van der Waals surface area contributed by atoms with E-state index in [1.807, 2.05) is 0 Å². The van der Waals surface area contributed by atoms with E-state index in [1.165, 1.54) is 45.9 Å². The van der Waals surface area contributed by atoms with Gasteiger partial charge in [0.05, 0.1) is 18.8 Å². The van der Waals surface area contributed by atoms with Crippen molar-refractivity contribution in [3.05, 3.63) is 82.9 Å². The Hall–Kier alpha value is -2.20. The van der Waals surface area contributed by atoms with E-state index in [1.54, 1.807) is 0 Å². The van der Waals surface area contributed by atoms with Gasteiger partial charge in [-0.1, -0.05) is 60.7 Å². The van der Waals surface area contributed by atoms with Crippen molar-refractivity contribution in [3.63, 3.8) is 0 Å². The van der Waals surface area contributed by atoms with Crippen LogP contribution in [0, 0.1) is 19.8 Å². The molecular formula is C29H37NO2. The Bertz CT molecular complexity index is 1050. The highest BCUT2D eigenvalue weighted by molar-refractivity contribution is 5.83. The number of benzene rings is 3. The second-order valence-electron chi connectivity index (χ2n) is 10.2. The lowest BCUT2D eigenvalue weighted by Gasteiger charge is -2.29. The van der Waals surface area contributed by atoms with Gasteiger partial charge in [-0.3, -0.25) is 0 Å².